The predicted octanol–water partition coefficient (Wildman–Crippen LogP) is 2.10. The Labute approximate surface area is 153 Å². The van der Waals surface area contributed by atoms with Crippen LogP contribution in [0.4, 0.5) is 5.69 Å². The number of carbonyl (C=O) groups is 1. The number of nitrogens with one attached hydrogen (secondary N) is 1. The first-order valence-corrected chi connectivity index (χ1v) is 7.95. The molecule has 1 amide bonds. The Balaban J connectivity index is 1.85. The molecule has 0 fully saturated rings. The van der Waals surface area contributed by atoms with E-state index in [2.05, 4.69) is 15.6 Å². The molecule has 1 aromatic heterocycles. The monoisotopic (exact) mass is 374 g/mol. The van der Waals surface area contributed by atoms with Crippen LogP contribution < -0.4 is 20.3 Å². The van der Waals surface area contributed by atoms with Crippen LogP contribution in [0.5, 0.6) is 11.5 Å². The lowest BCUT2D eigenvalue weighted by Crippen LogP contribution is -2.30. The molecule has 9 heteroatoms. The van der Waals surface area contributed by atoms with E-state index in [1.165, 1.54) is 20.3 Å². The SMILES string of the molecule is COc1cc(OC)c(NC(=O)Cn2nnc3ccccc3c2=O)cc1Cl. The zero-order valence-corrected chi connectivity index (χ0v) is 14.8. The first kappa shape index (κ1) is 17.7. The van der Waals surface area contributed by atoms with Crippen LogP contribution in [0.1, 0.15) is 0 Å². The van der Waals surface area contributed by atoms with Gasteiger partial charge in [0.15, 0.2) is 0 Å². The highest BCUT2D eigenvalue weighted by Crippen LogP contribution is 2.35. The smallest absolute Gasteiger partial charge is 0.278 e. The van der Waals surface area contributed by atoms with Crippen LogP contribution in [0.3, 0.4) is 0 Å². The third-order valence-corrected chi connectivity index (χ3v) is 3.97. The molecule has 3 aromatic rings. The number of anilines is 1. The van der Waals surface area contributed by atoms with Crippen LogP contribution in [0.25, 0.3) is 10.9 Å². The molecule has 1 heterocycles. The van der Waals surface area contributed by atoms with Gasteiger partial charge in [0.1, 0.15) is 23.6 Å². The van der Waals surface area contributed by atoms with Gasteiger partial charge in [-0.25, -0.2) is 4.68 Å². The molecule has 0 radical (unpaired) electrons. The van der Waals surface area contributed by atoms with Gasteiger partial charge in [0.05, 0.1) is 30.3 Å². The van der Waals surface area contributed by atoms with Crippen molar-refractivity contribution in [3.8, 4) is 11.5 Å². The summed E-state index contributed by atoms with van der Waals surface area (Å²) in [6.07, 6.45) is 0. The topological polar surface area (TPSA) is 95.3 Å². The summed E-state index contributed by atoms with van der Waals surface area (Å²) in [4.78, 5) is 24.7. The Kier molecular flexibility index (Phi) is 5.04. The van der Waals surface area contributed by atoms with E-state index in [1.54, 1.807) is 30.3 Å². The fourth-order valence-corrected chi connectivity index (χ4v) is 2.65. The number of fused-ring (bicyclic) bond motifs is 1. The van der Waals surface area contributed by atoms with Crippen molar-refractivity contribution in [2.24, 2.45) is 0 Å². The summed E-state index contributed by atoms with van der Waals surface area (Å²) in [5, 5.41) is 11.1. The third-order valence-electron chi connectivity index (χ3n) is 3.67. The van der Waals surface area contributed by atoms with E-state index in [9.17, 15) is 9.59 Å². The third kappa shape index (κ3) is 3.45. The van der Waals surface area contributed by atoms with E-state index >= 15 is 0 Å². The minimum absolute atomic E-state index is 0.302. The number of hydrogen-bond acceptors (Lipinski definition) is 6. The molecule has 0 aliphatic heterocycles. The maximum atomic E-state index is 12.4. The fraction of sp³-hybridized carbons (Fsp3) is 0.176. The van der Waals surface area contributed by atoms with Crippen LogP contribution in [0.15, 0.2) is 41.2 Å². The lowest BCUT2D eigenvalue weighted by molar-refractivity contribution is -0.117. The number of halogens is 1. The molecule has 0 saturated carbocycles. The lowest BCUT2D eigenvalue weighted by atomic mass is 10.2. The van der Waals surface area contributed by atoms with Crippen LogP contribution in [0, 0.1) is 0 Å². The summed E-state index contributed by atoms with van der Waals surface area (Å²) in [5.74, 6) is 0.311. The summed E-state index contributed by atoms with van der Waals surface area (Å²) < 4.78 is 11.3. The molecule has 0 saturated heterocycles. The van der Waals surface area contributed by atoms with E-state index in [4.69, 9.17) is 21.1 Å². The number of amides is 1. The van der Waals surface area contributed by atoms with Gasteiger partial charge in [-0.1, -0.05) is 28.9 Å². The molecule has 0 aliphatic rings. The quantitative estimate of drug-likeness (QED) is 0.734. The van der Waals surface area contributed by atoms with Crippen molar-refractivity contribution in [1.82, 2.24) is 15.0 Å². The summed E-state index contributed by atoms with van der Waals surface area (Å²) in [5.41, 5.74) is 0.424. The molecule has 134 valence electrons. The van der Waals surface area contributed by atoms with Gasteiger partial charge in [-0.05, 0) is 18.2 Å². The van der Waals surface area contributed by atoms with Crippen LogP contribution in [0.2, 0.25) is 5.02 Å². The molecule has 3 rings (SSSR count). The van der Waals surface area contributed by atoms with Crippen molar-refractivity contribution < 1.29 is 14.3 Å². The molecule has 1 N–H and O–H groups in total. The summed E-state index contributed by atoms with van der Waals surface area (Å²) in [6.45, 7) is -0.302. The van der Waals surface area contributed by atoms with Crippen molar-refractivity contribution in [1.29, 1.82) is 0 Å². The minimum Gasteiger partial charge on any atom is -0.495 e. The van der Waals surface area contributed by atoms with Crippen LogP contribution in [-0.4, -0.2) is 35.1 Å². The van der Waals surface area contributed by atoms with Crippen molar-refractivity contribution in [2.75, 3.05) is 19.5 Å². The molecule has 0 atom stereocenters. The van der Waals surface area contributed by atoms with Crippen molar-refractivity contribution in [3.63, 3.8) is 0 Å². The number of hydrogen-bond donors (Lipinski definition) is 1. The zero-order valence-electron chi connectivity index (χ0n) is 14.0. The average molecular weight is 375 g/mol. The average Bonchev–Trinajstić information content (AvgIpc) is 2.64. The number of benzene rings is 2. The van der Waals surface area contributed by atoms with E-state index in [0.717, 1.165) is 4.68 Å². The van der Waals surface area contributed by atoms with Gasteiger partial charge in [-0.15, -0.1) is 5.10 Å². The van der Waals surface area contributed by atoms with Gasteiger partial charge in [-0.2, -0.15) is 0 Å². The number of rotatable bonds is 5. The standard InChI is InChI=1S/C17H15ClN4O4/c1-25-14-8-15(26-2)13(7-11(14)18)19-16(23)9-22-17(24)10-5-3-4-6-12(10)20-21-22/h3-8H,9H2,1-2H3,(H,19,23). The van der Waals surface area contributed by atoms with Crippen LogP contribution in [-0.2, 0) is 11.3 Å². The zero-order chi connectivity index (χ0) is 18.7. The highest BCUT2D eigenvalue weighted by atomic mass is 35.5. The van der Waals surface area contributed by atoms with Crippen molar-refractivity contribution >= 4 is 34.1 Å². The van der Waals surface area contributed by atoms with Gasteiger partial charge >= 0.3 is 0 Å². The van der Waals surface area contributed by atoms with Crippen LogP contribution >= 0.6 is 11.6 Å². The van der Waals surface area contributed by atoms with Gasteiger partial charge in [0, 0.05) is 6.07 Å². The molecule has 2 aromatic carbocycles. The summed E-state index contributed by atoms with van der Waals surface area (Å²) >= 11 is 6.08. The number of carbonyl (C=O) groups excluding carboxylic acids is 1. The Morgan fingerprint density at radius 2 is 1.92 bits per heavy atom. The second-order valence-corrected chi connectivity index (χ2v) is 5.71. The maximum Gasteiger partial charge on any atom is 0.278 e. The van der Waals surface area contributed by atoms with E-state index in [-0.39, 0.29) is 6.54 Å². The van der Waals surface area contributed by atoms with E-state index in [1.807, 2.05) is 0 Å². The number of nitrogens with zero attached hydrogens (tertiary/aromatic N) is 3. The normalized spacial score (nSPS) is 10.6. The molecule has 0 unspecified atom stereocenters. The molecule has 26 heavy (non-hydrogen) atoms. The Morgan fingerprint density at radius 3 is 2.65 bits per heavy atom. The Bertz CT molecular complexity index is 1030. The number of methoxy groups -OCH3 is 2. The second-order valence-electron chi connectivity index (χ2n) is 5.30. The fourth-order valence-electron chi connectivity index (χ4n) is 2.41. The highest BCUT2D eigenvalue weighted by molar-refractivity contribution is 6.32. The van der Waals surface area contributed by atoms with E-state index < -0.39 is 11.5 Å². The molecule has 0 aliphatic carbocycles. The maximum absolute atomic E-state index is 12.4. The van der Waals surface area contributed by atoms with Crippen molar-refractivity contribution in [2.45, 2.75) is 6.54 Å². The molecular weight excluding hydrogens is 360 g/mol. The Hall–Kier alpha value is -3.13. The molecule has 0 bridgehead atoms. The predicted molar refractivity (Wildman–Crippen MR) is 97.0 cm³/mol. The largest absolute Gasteiger partial charge is 0.495 e. The summed E-state index contributed by atoms with van der Waals surface area (Å²) in [7, 11) is 2.93. The highest BCUT2D eigenvalue weighted by Gasteiger charge is 2.14. The minimum atomic E-state index is -0.476. The van der Waals surface area contributed by atoms with Gasteiger partial charge in [0.2, 0.25) is 5.91 Å². The van der Waals surface area contributed by atoms with Gasteiger partial charge < -0.3 is 14.8 Å². The van der Waals surface area contributed by atoms with Gasteiger partial charge in [-0.3, -0.25) is 9.59 Å². The number of aromatic nitrogens is 3. The van der Waals surface area contributed by atoms with Gasteiger partial charge in [0.25, 0.3) is 5.56 Å². The van der Waals surface area contributed by atoms with E-state index in [0.29, 0.717) is 33.1 Å². The molecular formula is C17H15ClN4O4. The Morgan fingerprint density at radius 1 is 1.19 bits per heavy atom. The summed E-state index contributed by atoms with van der Waals surface area (Å²) in [6, 6.07) is 9.85. The first-order chi connectivity index (χ1) is 12.5. The molecule has 0 spiro atoms. The lowest BCUT2D eigenvalue weighted by Gasteiger charge is -2.13. The first-order valence-electron chi connectivity index (χ1n) is 7.57. The second kappa shape index (κ2) is 7.40. The van der Waals surface area contributed by atoms with Crippen molar-refractivity contribution in [3.05, 3.63) is 51.8 Å². The number of ether oxygens (including phenoxy) is 2. The molecule has 8 nitrogen and oxygen atoms in total.